The quantitative estimate of drug-likeness (QED) is 0.809. The van der Waals surface area contributed by atoms with Crippen molar-refractivity contribution in [2.75, 3.05) is 7.05 Å². The number of nitrogens with zero attached hydrogens (tertiary/aromatic N) is 2. The smallest absolute Gasteiger partial charge is 0.212 e. The van der Waals surface area contributed by atoms with E-state index in [1.807, 2.05) is 30.8 Å². The van der Waals surface area contributed by atoms with Crippen LogP contribution in [0.3, 0.4) is 0 Å². The summed E-state index contributed by atoms with van der Waals surface area (Å²) in [7, 11) is 1.90. The molecule has 136 valence electrons. The maximum Gasteiger partial charge on any atom is 0.212 e. The van der Waals surface area contributed by atoms with Gasteiger partial charge >= 0.3 is 0 Å². The molecule has 0 spiro atoms. The molecule has 0 bridgehead atoms. The van der Waals surface area contributed by atoms with E-state index in [4.69, 9.17) is 9.84 Å². The number of halogens is 1. The Morgan fingerprint density at radius 2 is 2.08 bits per heavy atom. The summed E-state index contributed by atoms with van der Waals surface area (Å²) in [6, 6.07) is 7.38. The van der Waals surface area contributed by atoms with Crippen LogP contribution in [0.15, 0.2) is 24.3 Å². The number of hydrogen-bond donors (Lipinski definition) is 1. The second kappa shape index (κ2) is 8.00. The van der Waals surface area contributed by atoms with Gasteiger partial charge in [-0.1, -0.05) is 24.5 Å². The number of hydrogen-bond acceptors (Lipinski definition) is 3. The topological polar surface area (TPSA) is 39.1 Å². The molecule has 0 aliphatic heterocycles. The maximum absolute atomic E-state index is 14.0. The van der Waals surface area contributed by atoms with Gasteiger partial charge in [0.1, 0.15) is 12.4 Å². The van der Waals surface area contributed by atoms with Gasteiger partial charge in [0, 0.05) is 18.2 Å². The van der Waals surface area contributed by atoms with Crippen LogP contribution in [0.2, 0.25) is 0 Å². The minimum absolute atomic E-state index is 0.218. The number of nitrogens with one attached hydrogen (secondary N) is 1. The van der Waals surface area contributed by atoms with Crippen molar-refractivity contribution in [2.45, 2.75) is 58.7 Å². The third-order valence-electron chi connectivity index (χ3n) is 5.15. The number of rotatable bonds is 7. The van der Waals surface area contributed by atoms with Crippen molar-refractivity contribution < 1.29 is 9.13 Å². The molecule has 25 heavy (non-hydrogen) atoms. The van der Waals surface area contributed by atoms with Gasteiger partial charge in [0.05, 0.1) is 11.7 Å². The van der Waals surface area contributed by atoms with Gasteiger partial charge in [0.2, 0.25) is 5.88 Å². The molecular formula is C20H28FN3O. The van der Waals surface area contributed by atoms with E-state index in [9.17, 15) is 4.39 Å². The van der Waals surface area contributed by atoms with E-state index >= 15 is 0 Å². The van der Waals surface area contributed by atoms with Crippen LogP contribution in [-0.2, 0) is 13.2 Å². The lowest BCUT2D eigenvalue weighted by molar-refractivity contribution is 0.235. The molecule has 1 aliphatic carbocycles. The highest BCUT2D eigenvalue weighted by Crippen LogP contribution is 2.36. The molecule has 3 rings (SSSR count). The van der Waals surface area contributed by atoms with Gasteiger partial charge in [0.15, 0.2) is 0 Å². The van der Waals surface area contributed by atoms with E-state index in [2.05, 4.69) is 12.2 Å². The van der Waals surface area contributed by atoms with E-state index in [1.54, 1.807) is 6.07 Å². The standard InChI is InChI=1S/C20H28FN3O/c1-14-8-9-19(21)17(10-14)13-25-20-11-18(12-22-3)23-24(20)15(2)16-6-4-5-7-16/h8-11,15-16,22H,4-7,12-13H2,1-3H3. The predicted molar refractivity (Wildman–Crippen MR) is 97.1 cm³/mol. The number of aryl methyl sites for hydroxylation is 1. The molecule has 1 aliphatic rings. The lowest BCUT2D eigenvalue weighted by Gasteiger charge is -2.21. The normalized spacial score (nSPS) is 16.3. The van der Waals surface area contributed by atoms with Crippen LogP contribution < -0.4 is 10.1 Å². The van der Waals surface area contributed by atoms with E-state index in [-0.39, 0.29) is 12.4 Å². The third kappa shape index (κ3) is 4.21. The average molecular weight is 345 g/mol. The largest absolute Gasteiger partial charge is 0.473 e. The Morgan fingerprint density at radius 3 is 2.80 bits per heavy atom. The molecule has 0 amide bonds. The summed E-state index contributed by atoms with van der Waals surface area (Å²) >= 11 is 0. The fourth-order valence-electron chi connectivity index (χ4n) is 3.70. The summed E-state index contributed by atoms with van der Waals surface area (Å²) < 4.78 is 22.0. The van der Waals surface area contributed by atoms with Crippen molar-refractivity contribution in [1.29, 1.82) is 0 Å². The number of ether oxygens (including phenoxy) is 1. The highest BCUT2D eigenvalue weighted by Gasteiger charge is 2.26. The molecular weight excluding hydrogens is 317 g/mol. The van der Waals surface area contributed by atoms with Crippen LogP contribution in [0.25, 0.3) is 0 Å². The molecule has 1 fully saturated rings. The van der Waals surface area contributed by atoms with Crippen LogP contribution in [0.4, 0.5) is 4.39 Å². The van der Waals surface area contributed by atoms with E-state index in [1.165, 1.54) is 31.7 Å². The summed E-state index contributed by atoms with van der Waals surface area (Å²) in [5.41, 5.74) is 2.56. The fraction of sp³-hybridized carbons (Fsp3) is 0.550. The zero-order chi connectivity index (χ0) is 17.8. The van der Waals surface area contributed by atoms with Crippen LogP contribution >= 0.6 is 0 Å². The molecule has 2 aromatic rings. The van der Waals surface area contributed by atoms with Gasteiger partial charge in [-0.05, 0) is 51.8 Å². The van der Waals surface area contributed by atoms with Gasteiger partial charge < -0.3 is 10.1 Å². The first-order valence-corrected chi connectivity index (χ1v) is 9.19. The summed E-state index contributed by atoms with van der Waals surface area (Å²) in [4.78, 5) is 0. The summed E-state index contributed by atoms with van der Waals surface area (Å²) in [6.07, 6.45) is 5.08. The van der Waals surface area contributed by atoms with Crippen molar-refractivity contribution in [3.05, 3.63) is 46.9 Å². The van der Waals surface area contributed by atoms with Gasteiger partial charge in [-0.3, -0.25) is 0 Å². The van der Waals surface area contributed by atoms with E-state index in [0.29, 0.717) is 24.1 Å². The molecule has 5 heteroatoms. The number of benzene rings is 1. The first-order valence-electron chi connectivity index (χ1n) is 9.19. The first-order chi connectivity index (χ1) is 12.1. The fourth-order valence-corrected chi connectivity index (χ4v) is 3.70. The van der Waals surface area contributed by atoms with Crippen molar-refractivity contribution in [3.8, 4) is 5.88 Å². The summed E-state index contributed by atoms with van der Waals surface area (Å²) in [5.74, 6) is 1.14. The van der Waals surface area contributed by atoms with E-state index in [0.717, 1.165) is 17.1 Å². The maximum atomic E-state index is 14.0. The van der Waals surface area contributed by atoms with Crippen LogP contribution in [0, 0.1) is 18.7 Å². The van der Waals surface area contributed by atoms with Crippen LogP contribution in [0.1, 0.15) is 55.5 Å². The van der Waals surface area contributed by atoms with Crippen molar-refractivity contribution in [3.63, 3.8) is 0 Å². The monoisotopic (exact) mass is 345 g/mol. The zero-order valence-electron chi connectivity index (χ0n) is 15.4. The second-order valence-electron chi connectivity index (χ2n) is 7.12. The third-order valence-corrected chi connectivity index (χ3v) is 5.15. The lowest BCUT2D eigenvalue weighted by Crippen LogP contribution is -2.17. The Bertz CT molecular complexity index is 707. The second-order valence-corrected chi connectivity index (χ2v) is 7.12. The lowest BCUT2D eigenvalue weighted by atomic mass is 10.0. The molecule has 4 nitrogen and oxygen atoms in total. The SMILES string of the molecule is CNCc1cc(OCc2cc(C)ccc2F)n(C(C)C2CCCC2)n1. The van der Waals surface area contributed by atoms with Gasteiger partial charge in [-0.2, -0.15) is 5.10 Å². The minimum atomic E-state index is -0.226. The average Bonchev–Trinajstić information content (AvgIpc) is 3.25. The van der Waals surface area contributed by atoms with Crippen molar-refractivity contribution in [1.82, 2.24) is 15.1 Å². The highest BCUT2D eigenvalue weighted by molar-refractivity contribution is 5.24. The molecule has 0 radical (unpaired) electrons. The Morgan fingerprint density at radius 1 is 1.32 bits per heavy atom. The summed E-state index contributed by atoms with van der Waals surface area (Å²) in [6.45, 7) is 5.09. The van der Waals surface area contributed by atoms with Crippen molar-refractivity contribution in [2.24, 2.45) is 5.92 Å². The Labute approximate surface area is 149 Å². The molecule has 1 aromatic carbocycles. The molecule has 1 heterocycles. The van der Waals surface area contributed by atoms with Gasteiger partial charge in [-0.25, -0.2) is 9.07 Å². The first kappa shape index (κ1) is 17.9. The Kier molecular flexibility index (Phi) is 5.74. The highest BCUT2D eigenvalue weighted by atomic mass is 19.1. The van der Waals surface area contributed by atoms with Crippen molar-refractivity contribution >= 4 is 0 Å². The molecule has 1 unspecified atom stereocenters. The van der Waals surface area contributed by atoms with Crippen LogP contribution in [-0.4, -0.2) is 16.8 Å². The number of aromatic nitrogens is 2. The summed E-state index contributed by atoms with van der Waals surface area (Å²) in [5, 5.41) is 7.86. The molecule has 1 aromatic heterocycles. The molecule has 1 atom stereocenters. The Balaban J connectivity index is 1.79. The predicted octanol–water partition coefficient (Wildman–Crippen LogP) is 4.38. The molecule has 1 saturated carbocycles. The minimum Gasteiger partial charge on any atom is -0.473 e. The molecule has 0 saturated heterocycles. The van der Waals surface area contributed by atoms with Gasteiger partial charge in [0.25, 0.3) is 0 Å². The zero-order valence-corrected chi connectivity index (χ0v) is 15.4. The Hall–Kier alpha value is -1.88. The molecule has 1 N–H and O–H groups in total. The van der Waals surface area contributed by atoms with Crippen LogP contribution in [0.5, 0.6) is 5.88 Å². The van der Waals surface area contributed by atoms with Gasteiger partial charge in [-0.15, -0.1) is 0 Å². The van der Waals surface area contributed by atoms with E-state index < -0.39 is 0 Å².